The van der Waals surface area contributed by atoms with Crippen molar-refractivity contribution >= 4 is 41.6 Å². The zero-order valence-corrected chi connectivity index (χ0v) is 15.7. The molecule has 0 N–H and O–H groups in total. The summed E-state index contributed by atoms with van der Waals surface area (Å²) in [6.45, 7) is 1.08. The van der Waals surface area contributed by atoms with Gasteiger partial charge in [-0.3, -0.25) is 4.79 Å². The maximum atomic E-state index is 12.7. The van der Waals surface area contributed by atoms with Crippen LogP contribution in [0.4, 0.5) is 0 Å². The first kappa shape index (κ1) is 19.8. The first-order chi connectivity index (χ1) is 10.0. The summed E-state index contributed by atoms with van der Waals surface area (Å²) in [6, 6.07) is 7.85. The molecule has 2 nitrogen and oxygen atoms in total. The maximum Gasteiger partial charge on any atom is 0.153 e. The summed E-state index contributed by atoms with van der Waals surface area (Å²) in [5.41, 5.74) is 0.861. The van der Waals surface area contributed by atoms with Crippen LogP contribution in [-0.4, -0.2) is 42.8 Å². The van der Waals surface area contributed by atoms with Gasteiger partial charge in [0.25, 0.3) is 0 Å². The summed E-state index contributed by atoms with van der Waals surface area (Å²) in [5.74, 6) is 2.06. The Morgan fingerprint density at radius 1 is 1.36 bits per heavy atom. The summed E-state index contributed by atoms with van der Waals surface area (Å²) >= 11 is 7.86. The third-order valence-corrected chi connectivity index (χ3v) is 5.52. The fourth-order valence-corrected chi connectivity index (χ4v) is 3.96. The van der Waals surface area contributed by atoms with Gasteiger partial charge in [-0.1, -0.05) is 30.2 Å². The van der Waals surface area contributed by atoms with Gasteiger partial charge in [-0.05, 0) is 63.4 Å². The maximum absolute atomic E-state index is 12.7. The molecule has 1 aromatic carbocycles. The van der Waals surface area contributed by atoms with Crippen LogP contribution in [0.2, 0.25) is 5.02 Å². The molecule has 0 aromatic heterocycles. The Balaban J connectivity index is 0.00000242. The van der Waals surface area contributed by atoms with Gasteiger partial charge in [-0.15, -0.1) is 12.4 Å². The summed E-state index contributed by atoms with van der Waals surface area (Å²) in [6.07, 6.45) is 4.23. The van der Waals surface area contributed by atoms with Crippen LogP contribution < -0.4 is 0 Å². The quantitative estimate of drug-likeness (QED) is 0.638. The second-order valence-corrected chi connectivity index (χ2v) is 7.62. The van der Waals surface area contributed by atoms with Crippen LogP contribution >= 0.6 is 35.8 Å². The van der Waals surface area contributed by atoms with Crippen LogP contribution in [-0.2, 0) is 10.2 Å². The normalized spacial score (nSPS) is 16.0. The van der Waals surface area contributed by atoms with E-state index in [1.54, 1.807) is 11.8 Å². The molecule has 2 rings (SSSR count). The molecule has 0 aliphatic heterocycles. The number of hydrogen-bond acceptors (Lipinski definition) is 3. The van der Waals surface area contributed by atoms with E-state index >= 15 is 0 Å². The van der Waals surface area contributed by atoms with E-state index in [0.717, 1.165) is 48.6 Å². The van der Waals surface area contributed by atoms with E-state index in [9.17, 15) is 4.79 Å². The topological polar surface area (TPSA) is 20.3 Å². The summed E-state index contributed by atoms with van der Waals surface area (Å²) in [7, 11) is 4.16. The largest absolute Gasteiger partial charge is 0.309 e. The lowest BCUT2D eigenvalue weighted by molar-refractivity contribution is -0.125. The molecule has 0 bridgehead atoms. The van der Waals surface area contributed by atoms with Crippen molar-refractivity contribution in [2.45, 2.75) is 31.1 Å². The number of Topliss-reactive ketones (excluding diaryl/α,β-unsaturated/α-hetero) is 1. The second kappa shape index (κ2) is 9.17. The minimum Gasteiger partial charge on any atom is -0.309 e. The Morgan fingerprint density at radius 2 is 2.09 bits per heavy atom. The second-order valence-electron chi connectivity index (χ2n) is 6.08. The van der Waals surface area contributed by atoms with Crippen molar-refractivity contribution in [3.8, 4) is 0 Å². The van der Waals surface area contributed by atoms with E-state index < -0.39 is 0 Å². The molecule has 0 heterocycles. The number of carbonyl (C=O) groups excluding carboxylic acids is 1. The average molecular weight is 362 g/mol. The first-order valence-corrected chi connectivity index (χ1v) is 9.10. The van der Waals surface area contributed by atoms with Crippen LogP contribution in [0.5, 0.6) is 0 Å². The highest BCUT2D eigenvalue weighted by molar-refractivity contribution is 7.99. The van der Waals surface area contributed by atoms with E-state index in [0.29, 0.717) is 11.5 Å². The third-order valence-electron chi connectivity index (χ3n) is 4.25. The highest BCUT2D eigenvalue weighted by Crippen LogP contribution is 2.45. The Morgan fingerprint density at radius 3 is 2.64 bits per heavy atom. The lowest BCUT2D eigenvalue weighted by Crippen LogP contribution is -2.43. The number of hydrogen-bond donors (Lipinski definition) is 0. The molecule has 1 fully saturated rings. The molecule has 0 saturated heterocycles. The number of thioether (sulfide) groups is 1. The molecule has 0 spiro atoms. The summed E-state index contributed by atoms with van der Waals surface area (Å²) in [4.78, 5) is 14.9. The van der Waals surface area contributed by atoms with Crippen molar-refractivity contribution in [2.24, 2.45) is 0 Å². The molecular formula is C17H25Cl2NOS. The Labute approximate surface area is 149 Å². The number of rotatable bonds is 8. The van der Waals surface area contributed by atoms with Crippen LogP contribution in [0.25, 0.3) is 0 Å². The molecule has 1 aliphatic carbocycles. The van der Waals surface area contributed by atoms with Crippen LogP contribution in [0.3, 0.4) is 0 Å². The lowest BCUT2D eigenvalue weighted by Gasteiger charge is -2.41. The SMILES string of the molecule is CN(C)CCCSCC(=O)C1(c2cccc(Cl)c2)CCC1.Cl. The molecule has 0 amide bonds. The van der Waals surface area contributed by atoms with Crippen molar-refractivity contribution in [2.75, 3.05) is 32.1 Å². The van der Waals surface area contributed by atoms with Gasteiger partial charge in [-0.25, -0.2) is 0 Å². The zero-order valence-electron chi connectivity index (χ0n) is 13.3. The molecule has 1 aromatic rings. The Hall–Kier alpha value is -0.220. The van der Waals surface area contributed by atoms with Crippen molar-refractivity contribution in [1.29, 1.82) is 0 Å². The van der Waals surface area contributed by atoms with E-state index in [1.165, 1.54) is 0 Å². The van der Waals surface area contributed by atoms with E-state index in [-0.39, 0.29) is 17.8 Å². The Kier molecular flexibility index (Phi) is 8.26. The fraction of sp³-hybridized carbons (Fsp3) is 0.588. The number of carbonyl (C=O) groups is 1. The average Bonchev–Trinajstić information content (AvgIpc) is 2.36. The molecule has 0 unspecified atom stereocenters. The molecular weight excluding hydrogens is 337 g/mol. The van der Waals surface area contributed by atoms with Crippen LogP contribution in [0, 0.1) is 0 Å². The van der Waals surface area contributed by atoms with Crippen LogP contribution in [0.15, 0.2) is 24.3 Å². The Bertz CT molecular complexity index is 489. The number of nitrogens with zero attached hydrogens (tertiary/aromatic N) is 1. The summed E-state index contributed by atoms with van der Waals surface area (Å²) in [5, 5.41) is 0.727. The standard InChI is InChI=1S/C17H24ClNOS.ClH/c1-19(2)10-5-11-21-13-16(20)17(8-4-9-17)14-6-3-7-15(18)12-14;/h3,6-7,12H,4-5,8-11,13H2,1-2H3;1H. The predicted octanol–water partition coefficient (Wildman–Crippen LogP) is 4.44. The first-order valence-electron chi connectivity index (χ1n) is 7.56. The fourth-order valence-electron chi connectivity index (χ4n) is 2.83. The molecule has 1 aliphatic rings. The van der Waals surface area contributed by atoms with Gasteiger partial charge in [0, 0.05) is 5.02 Å². The van der Waals surface area contributed by atoms with E-state index in [1.807, 2.05) is 18.2 Å². The van der Waals surface area contributed by atoms with Crippen molar-refractivity contribution in [1.82, 2.24) is 4.90 Å². The molecule has 124 valence electrons. The number of halogens is 2. The smallest absolute Gasteiger partial charge is 0.153 e. The minimum absolute atomic E-state index is 0. The van der Waals surface area contributed by atoms with Gasteiger partial charge in [0.1, 0.15) is 0 Å². The van der Waals surface area contributed by atoms with Gasteiger partial charge in [0.15, 0.2) is 5.78 Å². The number of ketones is 1. The number of benzene rings is 1. The zero-order chi connectivity index (χ0) is 15.3. The third kappa shape index (κ3) is 4.89. The van der Waals surface area contributed by atoms with Crippen molar-refractivity contribution in [3.05, 3.63) is 34.9 Å². The van der Waals surface area contributed by atoms with Crippen molar-refractivity contribution < 1.29 is 4.79 Å². The summed E-state index contributed by atoms with van der Waals surface area (Å²) < 4.78 is 0. The van der Waals surface area contributed by atoms with Gasteiger partial charge in [-0.2, -0.15) is 11.8 Å². The van der Waals surface area contributed by atoms with Gasteiger partial charge in [0.05, 0.1) is 11.2 Å². The van der Waals surface area contributed by atoms with Gasteiger partial charge in [0.2, 0.25) is 0 Å². The highest BCUT2D eigenvalue weighted by atomic mass is 35.5. The van der Waals surface area contributed by atoms with E-state index in [4.69, 9.17) is 11.6 Å². The van der Waals surface area contributed by atoms with Gasteiger partial charge >= 0.3 is 0 Å². The molecule has 1 saturated carbocycles. The highest BCUT2D eigenvalue weighted by Gasteiger charge is 2.44. The molecule has 5 heteroatoms. The van der Waals surface area contributed by atoms with Crippen molar-refractivity contribution in [3.63, 3.8) is 0 Å². The monoisotopic (exact) mass is 361 g/mol. The molecule has 0 atom stereocenters. The lowest BCUT2D eigenvalue weighted by atomic mass is 9.62. The molecule has 22 heavy (non-hydrogen) atoms. The predicted molar refractivity (Wildman–Crippen MR) is 99.7 cm³/mol. The minimum atomic E-state index is -0.251. The van der Waals surface area contributed by atoms with Gasteiger partial charge < -0.3 is 4.90 Å². The molecule has 0 radical (unpaired) electrons. The van der Waals surface area contributed by atoms with E-state index in [2.05, 4.69) is 25.1 Å². The van der Waals surface area contributed by atoms with Crippen LogP contribution in [0.1, 0.15) is 31.2 Å².